The fraction of sp³-hybridized carbons (Fsp3) is 0.273. The van der Waals surface area contributed by atoms with Crippen LogP contribution in [0.3, 0.4) is 0 Å². The molecule has 0 heterocycles. The number of rotatable bonds is 8. The average Bonchev–Trinajstić information content (AvgIpc) is 2.26. The molecule has 1 aromatic rings. The van der Waals surface area contributed by atoms with Gasteiger partial charge in [-0.1, -0.05) is 30.3 Å². The average molecular weight is 303 g/mol. The van der Waals surface area contributed by atoms with Gasteiger partial charge in [0.05, 0.1) is 0 Å². The molecule has 8 nitrogen and oxygen atoms in total. The van der Waals surface area contributed by atoms with E-state index in [-0.39, 0.29) is 0 Å². The van der Waals surface area contributed by atoms with E-state index >= 15 is 0 Å². The van der Waals surface area contributed by atoms with Crippen molar-refractivity contribution in [3.05, 3.63) is 35.9 Å². The Hall–Kier alpha value is -1.97. The minimum Gasteiger partial charge on any atom is -0.480 e. The van der Waals surface area contributed by atoms with Crippen LogP contribution in [-0.2, 0) is 29.7 Å². The van der Waals surface area contributed by atoms with E-state index < -0.39 is 40.9 Å². The quantitative estimate of drug-likeness (QED) is 0.639. The lowest BCUT2D eigenvalue weighted by Gasteiger charge is -2.16. The summed E-state index contributed by atoms with van der Waals surface area (Å²) in [6.07, 6.45) is 0. The van der Waals surface area contributed by atoms with Gasteiger partial charge in [0.15, 0.2) is 0 Å². The fourth-order valence-corrected chi connectivity index (χ4v) is 2.46. The van der Waals surface area contributed by atoms with Gasteiger partial charge >= 0.3 is 11.9 Å². The third-order valence-corrected chi connectivity index (χ3v) is 3.15. The van der Waals surface area contributed by atoms with Gasteiger partial charge in [0.1, 0.15) is 18.8 Å². The van der Waals surface area contributed by atoms with Crippen LogP contribution in [0.1, 0.15) is 5.56 Å². The van der Waals surface area contributed by atoms with Gasteiger partial charge in [0.2, 0.25) is 0 Å². The molecular formula is C11H13NO7S. The maximum absolute atomic E-state index is 11.7. The highest BCUT2D eigenvalue weighted by Crippen LogP contribution is 2.09. The molecule has 0 aromatic heterocycles. The highest BCUT2D eigenvalue weighted by molar-refractivity contribution is 7.85. The molecule has 0 radical (unpaired) electrons. The van der Waals surface area contributed by atoms with Crippen LogP contribution in [0.5, 0.6) is 0 Å². The number of hydrogen-bond acceptors (Lipinski definition) is 6. The molecule has 0 saturated heterocycles. The lowest BCUT2D eigenvalue weighted by molar-refractivity contribution is -0.155. The second kappa shape index (κ2) is 6.98. The molecule has 2 N–H and O–H groups in total. The van der Waals surface area contributed by atoms with Crippen molar-refractivity contribution in [2.24, 2.45) is 0 Å². The molecule has 0 aliphatic heterocycles. The second-order valence-corrected chi connectivity index (χ2v) is 5.40. The van der Waals surface area contributed by atoms with Crippen molar-refractivity contribution in [3.63, 3.8) is 0 Å². The summed E-state index contributed by atoms with van der Waals surface area (Å²) in [7, 11) is -4.13. The monoisotopic (exact) mass is 303 g/mol. The van der Waals surface area contributed by atoms with Crippen molar-refractivity contribution >= 4 is 22.1 Å². The molecule has 0 bridgehead atoms. The van der Waals surface area contributed by atoms with Crippen molar-refractivity contribution in [2.75, 3.05) is 13.1 Å². The van der Waals surface area contributed by atoms with Crippen molar-refractivity contribution in [3.8, 4) is 0 Å². The maximum atomic E-state index is 11.7. The third-order valence-electron chi connectivity index (χ3n) is 2.03. The van der Waals surface area contributed by atoms with Gasteiger partial charge in [-0.05, 0) is 5.56 Å². The predicted octanol–water partition coefficient (Wildman–Crippen LogP) is -0.0808. The van der Waals surface area contributed by atoms with E-state index in [2.05, 4.69) is 4.28 Å². The Bertz CT molecular complexity index is 554. The van der Waals surface area contributed by atoms with Crippen molar-refractivity contribution in [1.29, 1.82) is 0 Å². The van der Waals surface area contributed by atoms with Crippen LogP contribution >= 0.6 is 0 Å². The van der Waals surface area contributed by atoms with E-state index in [9.17, 15) is 18.0 Å². The molecule has 0 fully saturated rings. The van der Waals surface area contributed by atoms with E-state index in [4.69, 9.17) is 10.2 Å². The van der Waals surface area contributed by atoms with E-state index in [1.54, 1.807) is 30.3 Å². The molecule has 0 aliphatic rings. The molecule has 0 unspecified atom stereocenters. The Morgan fingerprint density at radius 3 is 2.00 bits per heavy atom. The van der Waals surface area contributed by atoms with Gasteiger partial charge < -0.3 is 10.2 Å². The summed E-state index contributed by atoms with van der Waals surface area (Å²) in [5.74, 6) is -3.29. The van der Waals surface area contributed by atoms with Gasteiger partial charge in [0, 0.05) is 0 Å². The normalized spacial score (nSPS) is 11.4. The molecule has 9 heteroatoms. The number of aliphatic carboxylic acids is 2. The van der Waals surface area contributed by atoms with Gasteiger partial charge in [-0.25, -0.2) is 0 Å². The molecule has 1 aromatic carbocycles. The van der Waals surface area contributed by atoms with Gasteiger partial charge in [-0.15, -0.1) is 5.06 Å². The highest BCUT2D eigenvalue weighted by Gasteiger charge is 2.22. The van der Waals surface area contributed by atoms with E-state index in [0.717, 1.165) is 0 Å². The van der Waals surface area contributed by atoms with Gasteiger partial charge in [-0.3, -0.25) is 9.59 Å². The van der Waals surface area contributed by atoms with Crippen LogP contribution in [0, 0.1) is 0 Å². The van der Waals surface area contributed by atoms with Crippen molar-refractivity contribution in [2.45, 2.75) is 5.75 Å². The summed E-state index contributed by atoms with van der Waals surface area (Å²) in [5, 5.41) is 17.5. The SMILES string of the molecule is O=C(O)CN(CC(=O)O)OS(=O)(=O)Cc1ccccc1. The number of hydroxylamine groups is 2. The van der Waals surface area contributed by atoms with E-state index in [1.165, 1.54) is 0 Å². The topological polar surface area (TPSA) is 121 Å². The Morgan fingerprint density at radius 2 is 1.55 bits per heavy atom. The molecular weight excluding hydrogens is 290 g/mol. The van der Waals surface area contributed by atoms with E-state index in [0.29, 0.717) is 10.6 Å². The summed E-state index contributed by atoms with van der Waals surface area (Å²) >= 11 is 0. The zero-order chi connectivity index (χ0) is 15.2. The molecule has 110 valence electrons. The smallest absolute Gasteiger partial charge is 0.320 e. The number of benzene rings is 1. The summed E-state index contributed by atoms with van der Waals surface area (Å²) in [5.41, 5.74) is 0.443. The minimum absolute atomic E-state index is 0.364. The zero-order valence-corrected chi connectivity index (χ0v) is 11.1. The van der Waals surface area contributed by atoms with Gasteiger partial charge in [0.25, 0.3) is 10.1 Å². The van der Waals surface area contributed by atoms with Crippen LogP contribution in [0.2, 0.25) is 0 Å². The first kappa shape index (κ1) is 16.1. The lowest BCUT2D eigenvalue weighted by Crippen LogP contribution is -2.36. The zero-order valence-electron chi connectivity index (χ0n) is 10.3. The summed E-state index contributed by atoms with van der Waals surface area (Å²) in [6, 6.07) is 8.09. The molecule has 0 amide bonds. The Morgan fingerprint density at radius 1 is 1.05 bits per heavy atom. The second-order valence-electron chi connectivity index (χ2n) is 3.85. The minimum atomic E-state index is -4.13. The first-order valence-corrected chi connectivity index (χ1v) is 7.01. The molecule has 0 spiro atoms. The maximum Gasteiger partial charge on any atom is 0.320 e. The predicted molar refractivity (Wildman–Crippen MR) is 67.0 cm³/mol. The Kier molecular flexibility index (Phi) is 5.62. The summed E-state index contributed by atoms with van der Waals surface area (Å²) in [4.78, 5) is 21.1. The molecule has 0 aliphatic carbocycles. The van der Waals surface area contributed by atoms with Crippen LogP contribution in [0.4, 0.5) is 0 Å². The molecule has 1 rings (SSSR count). The molecule has 0 atom stereocenters. The molecule has 0 saturated carbocycles. The number of carbonyl (C=O) groups is 2. The largest absolute Gasteiger partial charge is 0.480 e. The number of hydrogen-bond donors (Lipinski definition) is 2. The van der Waals surface area contributed by atoms with Crippen molar-refractivity contribution < 1.29 is 32.5 Å². The van der Waals surface area contributed by atoms with Crippen LogP contribution < -0.4 is 0 Å². The lowest BCUT2D eigenvalue weighted by atomic mass is 10.2. The standard InChI is InChI=1S/C11H13NO7S/c13-10(14)6-12(7-11(15)16)19-20(17,18)8-9-4-2-1-3-5-9/h1-5H,6-8H2,(H,13,14)(H,15,16). The number of nitrogens with zero attached hydrogens (tertiary/aromatic N) is 1. The van der Waals surface area contributed by atoms with Crippen molar-refractivity contribution in [1.82, 2.24) is 5.06 Å². The summed E-state index contributed by atoms with van der Waals surface area (Å²) in [6.45, 7) is -1.72. The third kappa shape index (κ3) is 6.27. The van der Waals surface area contributed by atoms with Crippen LogP contribution in [-0.4, -0.2) is 48.7 Å². The first-order chi connectivity index (χ1) is 9.28. The number of carboxylic acid groups (broad SMARTS) is 2. The first-order valence-electron chi connectivity index (χ1n) is 5.43. The van der Waals surface area contributed by atoms with Crippen LogP contribution in [0.25, 0.3) is 0 Å². The van der Waals surface area contributed by atoms with Gasteiger partial charge in [-0.2, -0.15) is 12.7 Å². The fourth-order valence-electron chi connectivity index (χ4n) is 1.38. The Balaban J connectivity index is 2.75. The Labute approximate surface area is 115 Å². The van der Waals surface area contributed by atoms with E-state index in [1.807, 2.05) is 0 Å². The summed E-state index contributed by atoms with van der Waals surface area (Å²) < 4.78 is 28.0. The molecule has 20 heavy (non-hydrogen) atoms. The highest BCUT2D eigenvalue weighted by atomic mass is 32.2. The number of carboxylic acids is 2. The van der Waals surface area contributed by atoms with Crippen LogP contribution in [0.15, 0.2) is 30.3 Å².